The molecule has 1 aromatic carbocycles. The molecule has 3 aromatic rings. The number of nitrogens with one attached hydrogen (secondary N) is 1. The van der Waals surface area contributed by atoms with E-state index in [0.717, 1.165) is 24.1 Å². The van der Waals surface area contributed by atoms with E-state index in [0.29, 0.717) is 24.4 Å². The Morgan fingerprint density at radius 3 is 3.00 bits per heavy atom. The smallest absolute Gasteiger partial charge is 0.274 e. The summed E-state index contributed by atoms with van der Waals surface area (Å²) in [5.74, 6) is 0.355. The van der Waals surface area contributed by atoms with Crippen molar-refractivity contribution in [3.8, 4) is 0 Å². The molecule has 1 saturated heterocycles. The number of para-hydroxylation sites is 1. The first-order valence-corrected chi connectivity index (χ1v) is 9.67. The van der Waals surface area contributed by atoms with Gasteiger partial charge in [-0.15, -0.1) is 0 Å². The van der Waals surface area contributed by atoms with Crippen LogP contribution in [0, 0.1) is 0 Å². The minimum atomic E-state index is -0.681. The highest BCUT2D eigenvalue weighted by Gasteiger charge is 2.58. The van der Waals surface area contributed by atoms with Crippen LogP contribution < -0.4 is 5.32 Å². The SMILES string of the molecule is CCC[C@@H]1N(C(=O)c2cn3cccnc3n2)CC[C@]12C(=O)Nc1ccccc12. The van der Waals surface area contributed by atoms with E-state index >= 15 is 0 Å². The van der Waals surface area contributed by atoms with Gasteiger partial charge in [-0.25, -0.2) is 9.97 Å². The third kappa shape index (κ3) is 2.22. The summed E-state index contributed by atoms with van der Waals surface area (Å²) in [5, 5.41) is 3.03. The molecular formula is C21H21N5O2. The van der Waals surface area contributed by atoms with Gasteiger partial charge in [-0.3, -0.25) is 14.0 Å². The van der Waals surface area contributed by atoms with Crippen LogP contribution in [0.2, 0.25) is 0 Å². The van der Waals surface area contributed by atoms with E-state index in [2.05, 4.69) is 22.2 Å². The Balaban J connectivity index is 1.56. The van der Waals surface area contributed by atoms with Crippen LogP contribution in [0.1, 0.15) is 42.2 Å². The molecule has 1 N–H and O–H groups in total. The van der Waals surface area contributed by atoms with E-state index in [1.165, 1.54) is 0 Å². The molecule has 0 aliphatic carbocycles. The van der Waals surface area contributed by atoms with Gasteiger partial charge >= 0.3 is 0 Å². The van der Waals surface area contributed by atoms with Gasteiger partial charge in [0.2, 0.25) is 11.7 Å². The van der Waals surface area contributed by atoms with E-state index in [4.69, 9.17) is 0 Å². The van der Waals surface area contributed by atoms with Crippen LogP contribution in [0.15, 0.2) is 48.9 Å². The molecule has 28 heavy (non-hydrogen) atoms. The highest BCUT2D eigenvalue weighted by Crippen LogP contribution is 2.49. The summed E-state index contributed by atoms with van der Waals surface area (Å²) in [7, 11) is 0. The summed E-state index contributed by atoms with van der Waals surface area (Å²) in [4.78, 5) is 36.9. The molecule has 2 aliphatic heterocycles. The first kappa shape index (κ1) is 16.9. The minimum absolute atomic E-state index is 0.000817. The zero-order chi connectivity index (χ0) is 19.3. The van der Waals surface area contributed by atoms with E-state index < -0.39 is 5.41 Å². The second kappa shape index (κ2) is 6.15. The van der Waals surface area contributed by atoms with Gasteiger partial charge in [0.15, 0.2) is 0 Å². The number of amides is 2. The molecule has 0 bridgehead atoms. The second-order valence-corrected chi connectivity index (χ2v) is 7.48. The summed E-state index contributed by atoms with van der Waals surface area (Å²) in [6.45, 7) is 2.62. The fourth-order valence-electron chi connectivity index (χ4n) is 4.80. The van der Waals surface area contributed by atoms with Crippen molar-refractivity contribution in [1.29, 1.82) is 0 Å². The highest BCUT2D eigenvalue weighted by molar-refractivity contribution is 6.08. The molecule has 1 spiro atoms. The minimum Gasteiger partial charge on any atom is -0.333 e. The monoisotopic (exact) mass is 375 g/mol. The molecule has 4 heterocycles. The Morgan fingerprint density at radius 1 is 1.32 bits per heavy atom. The van der Waals surface area contributed by atoms with Gasteiger partial charge in [0.25, 0.3) is 5.91 Å². The number of nitrogens with zero attached hydrogens (tertiary/aromatic N) is 4. The molecular weight excluding hydrogens is 354 g/mol. The van der Waals surface area contributed by atoms with Crippen LogP contribution in [-0.4, -0.2) is 43.7 Å². The predicted octanol–water partition coefficient (Wildman–Crippen LogP) is 2.63. The average Bonchev–Trinajstić information content (AvgIpc) is 3.38. The Hall–Kier alpha value is -3.22. The summed E-state index contributed by atoms with van der Waals surface area (Å²) >= 11 is 0. The summed E-state index contributed by atoms with van der Waals surface area (Å²) in [6.07, 6.45) is 7.46. The van der Waals surface area contributed by atoms with Crippen molar-refractivity contribution in [1.82, 2.24) is 19.3 Å². The number of aromatic nitrogens is 3. The molecule has 2 amide bonds. The van der Waals surface area contributed by atoms with Crippen molar-refractivity contribution < 1.29 is 9.59 Å². The van der Waals surface area contributed by atoms with Gasteiger partial charge in [-0.1, -0.05) is 31.5 Å². The molecule has 0 unspecified atom stereocenters. The van der Waals surface area contributed by atoms with Gasteiger partial charge in [-0.05, 0) is 30.5 Å². The number of rotatable bonds is 3. The number of anilines is 1. The van der Waals surface area contributed by atoms with E-state index in [9.17, 15) is 9.59 Å². The quantitative estimate of drug-likeness (QED) is 0.763. The van der Waals surface area contributed by atoms with Crippen LogP contribution in [-0.2, 0) is 10.2 Å². The van der Waals surface area contributed by atoms with Crippen LogP contribution in [0.3, 0.4) is 0 Å². The molecule has 0 radical (unpaired) electrons. The normalized spacial score (nSPS) is 23.4. The Morgan fingerprint density at radius 2 is 2.18 bits per heavy atom. The lowest BCUT2D eigenvalue weighted by molar-refractivity contribution is -0.121. The number of likely N-dealkylation sites (tertiary alicyclic amines) is 1. The largest absolute Gasteiger partial charge is 0.333 e. The topological polar surface area (TPSA) is 79.6 Å². The lowest BCUT2D eigenvalue weighted by Crippen LogP contribution is -2.48. The number of carbonyl (C=O) groups is 2. The van der Waals surface area contributed by atoms with Gasteiger partial charge in [0, 0.05) is 30.8 Å². The summed E-state index contributed by atoms with van der Waals surface area (Å²) < 4.78 is 1.74. The van der Waals surface area contributed by atoms with Gasteiger partial charge < -0.3 is 10.2 Å². The maximum Gasteiger partial charge on any atom is 0.274 e. The molecule has 2 aromatic heterocycles. The van der Waals surface area contributed by atoms with E-state index in [-0.39, 0.29) is 17.9 Å². The van der Waals surface area contributed by atoms with Crippen molar-refractivity contribution in [2.24, 2.45) is 0 Å². The van der Waals surface area contributed by atoms with Crippen LogP contribution in [0.4, 0.5) is 5.69 Å². The van der Waals surface area contributed by atoms with E-state index in [1.807, 2.05) is 35.4 Å². The van der Waals surface area contributed by atoms with Crippen molar-refractivity contribution in [2.75, 3.05) is 11.9 Å². The first-order valence-electron chi connectivity index (χ1n) is 9.67. The van der Waals surface area contributed by atoms with Gasteiger partial charge in [-0.2, -0.15) is 0 Å². The van der Waals surface area contributed by atoms with Crippen molar-refractivity contribution in [2.45, 2.75) is 37.6 Å². The van der Waals surface area contributed by atoms with Crippen molar-refractivity contribution in [3.63, 3.8) is 0 Å². The van der Waals surface area contributed by atoms with Crippen LogP contribution in [0.25, 0.3) is 5.78 Å². The Bertz CT molecular complexity index is 1060. The zero-order valence-electron chi connectivity index (χ0n) is 15.6. The standard InChI is InChI=1S/C21H21N5O2/c1-2-6-17-21(14-7-3-4-8-15(14)23-19(21)28)9-12-26(17)18(27)16-13-25-11-5-10-22-20(25)24-16/h3-5,7-8,10-11,13,17H,2,6,9,12H2,1H3,(H,23,28)/t17-,21+/m0/s1. The summed E-state index contributed by atoms with van der Waals surface area (Å²) in [6, 6.07) is 9.44. The van der Waals surface area contributed by atoms with Crippen LogP contribution in [0.5, 0.6) is 0 Å². The third-order valence-electron chi connectivity index (χ3n) is 6.03. The van der Waals surface area contributed by atoms with Crippen molar-refractivity contribution in [3.05, 3.63) is 60.2 Å². The Kier molecular flexibility index (Phi) is 3.72. The molecule has 7 nitrogen and oxygen atoms in total. The van der Waals surface area contributed by atoms with Gasteiger partial charge in [0.1, 0.15) is 5.69 Å². The van der Waals surface area contributed by atoms with Crippen LogP contribution >= 0.6 is 0 Å². The third-order valence-corrected chi connectivity index (χ3v) is 6.03. The number of fused-ring (bicyclic) bond motifs is 3. The highest BCUT2D eigenvalue weighted by atomic mass is 16.2. The van der Waals surface area contributed by atoms with E-state index in [1.54, 1.807) is 22.9 Å². The maximum atomic E-state index is 13.4. The molecule has 2 atom stereocenters. The molecule has 142 valence electrons. The molecule has 7 heteroatoms. The number of benzene rings is 1. The molecule has 1 fully saturated rings. The number of imidazole rings is 1. The lowest BCUT2D eigenvalue weighted by Gasteiger charge is -2.33. The first-order chi connectivity index (χ1) is 13.6. The zero-order valence-corrected chi connectivity index (χ0v) is 15.6. The maximum absolute atomic E-state index is 13.4. The fourth-order valence-corrected chi connectivity index (χ4v) is 4.80. The second-order valence-electron chi connectivity index (χ2n) is 7.48. The summed E-state index contributed by atoms with van der Waals surface area (Å²) in [5.41, 5.74) is 1.55. The van der Waals surface area contributed by atoms with Crippen molar-refractivity contribution >= 4 is 23.3 Å². The lowest BCUT2D eigenvalue weighted by atomic mass is 9.73. The van der Waals surface area contributed by atoms with Gasteiger partial charge in [0.05, 0.1) is 11.5 Å². The number of carbonyl (C=O) groups excluding carboxylic acids is 2. The average molecular weight is 375 g/mol. The number of hydrogen-bond donors (Lipinski definition) is 1. The molecule has 5 rings (SSSR count). The molecule has 2 aliphatic rings. The fraction of sp³-hybridized carbons (Fsp3) is 0.333. The Labute approximate surface area is 162 Å². The predicted molar refractivity (Wildman–Crippen MR) is 104 cm³/mol. The molecule has 0 saturated carbocycles. The number of hydrogen-bond acceptors (Lipinski definition) is 4.